The van der Waals surface area contributed by atoms with Crippen molar-refractivity contribution >= 4 is 39.2 Å². The number of anilines is 1. The van der Waals surface area contributed by atoms with Gasteiger partial charge in [0.25, 0.3) is 5.91 Å². The van der Waals surface area contributed by atoms with Crippen LogP contribution in [0, 0.1) is 6.92 Å². The fourth-order valence-electron chi connectivity index (χ4n) is 3.07. The van der Waals surface area contributed by atoms with E-state index in [4.69, 9.17) is 0 Å². The summed E-state index contributed by atoms with van der Waals surface area (Å²) in [6.45, 7) is 1.89. The van der Waals surface area contributed by atoms with Crippen molar-refractivity contribution in [3.63, 3.8) is 0 Å². The lowest BCUT2D eigenvalue weighted by Gasteiger charge is -2.05. The summed E-state index contributed by atoms with van der Waals surface area (Å²) in [7, 11) is 0. The van der Waals surface area contributed by atoms with E-state index in [1.54, 1.807) is 24.3 Å². The van der Waals surface area contributed by atoms with Crippen molar-refractivity contribution in [2.24, 2.45) is 0 Å². The number of aromatic nitrogens is 2. The highest BCUT2D eigenvalue weighted by Gasteiger charge is 2.15. The molecule has 2 heterocycles. The number of benzene rings is 2. The van der Waals surface area contributed by atoms with Gasteiger partial charge in [-0.25, -0.2) is 4.98 Å². The van der Waals surface area contributed by atoms with Crippen LogP contribution >= 0.6 is 11.3 Å². The first kappa shape index (κ1) is 17.9. The lowest BCUT2D eigenvalue weighted by atomic mass is 10.1. The lowest BCUT2D eigenvalue weighted by Crippen LogP contribution is -2.32. The number of aromatic amines is 1. The van der Waals surface area contributed by atoms with Gasteiger partial charge in [0.15, 0.2) is 5.13 Å². The van der Waals surface area contributed by atoms with Gasteiger partial charge in [0.05, 0.1) is 12.2 Å². The summed E-state index contributed by atoms with van der Waals surface area (Å²) in [6, 6.07) is 16.8. The first-order chi connectivity index (χ1) is 13.6. The van der Waals surface area contributed by atoms with E-state index in [2.05, 4.69) is 20.6 Å². The first-order valence-electron chi connectivity index (χ1n) is 8.78. The fraction of sp³-hybridized carbons (Fsp3) is 0.0952. The Kier molecular flexibility index (Phi) is 4.90. The van der Waals surface area contributed by atoms with Crippen LogP contribution in [0.5, 0.6) is 0 Å². The van der Waals surface area contributed by atoms with Crippen LogP contribution < -0.4 is 10.6 Å². The van der Waals surface area contributed by atoms with Gasteiger partial charge in [0.2, 0.25) is 5.91 Å². The van der Waals surface area contributed by atoms with Crippen LogP contribution in [0.25, 0.3) is 22.2 Å². The van der Waals surface area contributed by atoms with Crippen molar-refractivity contribution in [2.75, 3.05) is 11.9 Å². The molecule has 0 saturated carbocycles. The van der Waals surface area contributed by atoms with Gasteiger partial charge in [-0.1, -0.05) is 36.4 Å². The smallest absolute Gasteiger partial charge is 0.251 e. The SMILES string of the molecule is Cc1[nH]c2ccccc2c1-c1csc(NC(=O)CNC(=O)c2ccccc2)n1. The summed E-state index contributed by atoms with van der Waals surface area (Å²) < 4.78 is 0. The van der Waals surface area contributed by atoms with Gasteiger partial charge >= 0.3 is 0 Å². The number of carbonyl (C=O) groups excluding carboxylic acids is 2. The number of fused-ring (bicyclic) bond motifs is 1. The van der Waals surface area contributed by atoms with Crippen LogP contribution in [0.15, 0.2) is 60.0 Å². The maximum atomic E-state index is 12.2. The van der Waals surface area contributed by atoms with E-state index in [0.29, 0.717) is 10.7 Å². The second-order valence-corrected chi connectivity index (χ2v) is 7.16. The van der Waals surface area contributed by atoms with Crippen molar-refractivity contribution in [2.45, 2.75) is 6.92 Å². The van der Waals surface area contributed by atoms with Gasteiger partial charge < -0.3 is 15.6 Å². The van der Waals surface area contributed by atoms with Gasteiger partial charge in [0, 0.05) is 33.1 Å². The Morgan fingerprint density at radius 3 is 2.64 bits per heavy atom. The molecule has 28 heavy (non-hydrogen) atoms. The third kappa shape index (κ3) is 3.65. The maximum absolute atomic E-state index is 12.2. The molecule has 2 aromatic carbocycles. The Morgan fingerprint density at radius 1 is 1.07 bits per heavy atom. The molecule has 0 spiro atoms. The number of amides is 2. The zero-order valence-electron chi connectivity index (χ0n) is 15.2. The minimum atomic E-state index is -0.319. The van der Waals surface area contributed by atoms with Crippen LogP contribution in [0.1, 0.15) is 16.1 Å². The topological polar surface area (TPSA) is 86.9 Å². The largest absolute Gasteiger partial charge is 0.358 e. The van der Waals surface area contributed by atoms with Gasteiger partial charge in [0.1, 0.15) is 0 Å². The predicted molar refractivity (Wildman–Crippen MR) is 112 cm³/mol. The molecule has 0 saturated heterocycles. The van der Waals surface area contributed by atoms with E-state index in [1.165, 1.54) is 11.3 Å². The lowest BCUT2D eigenvalue weighted by molar-refractivity contribution is -0.115. The van der Waals surface area contributed by atoms with Crippen LogP contribution in [-0.2, 0) is 4.79 Å². The molecular formula is C21H18N4O2S. The van der Waals surface area contributed by atoms with Crippen molar-refractivity contribution < 1.29 is 9.59 Å². The second-order valence-electron chi connectivity index (χ2n) is 6.31. The predicted octanol–water partition coefficient (Wildman–Crippen LogP) is 3.97. The van der Waals surface area contributed by atoms with Crippen molar-refractivity contribution in [1.82, 2.24) is 15.3 Å². The number of H-pyrrole nitrogens is 1. The molecule has 0 unspecified atom stereocenters. The number of rotatable bonds is 5. The van der Waals surface area contributed by atoms with Crippen LogP contribution in [-0.4, -0.2) is 28.3 Å². The Hall–Kier alpha value is -3.45. The van der Waals surface area contributed by atoms with Gasteiger partial charge in [-0.3, -0.25) is 9.59 Å². The summed E-state index contributed by atoms with van der Waals surface area (Å²) >= 11 is 1.35. The Balaban J connectivity index is 1.43. The van der Waals surface area contributed by atoms with Gasteiger partial charge in [-0.15, -0.1) is 11.3 Å². The highest BCUT2D eigenvalue weighted by atomic mass is 32.1. The summed E-state index contributed by atoms with van der Waals surface area (Å²) in [5.41, 5.74) is 4.44. The molecular weight excluding hydrogens is 372 g/mol. The highest BCUT2D eigenvalue weighted by molar-refractivity contribution is 7.14. The number of nitrogens with zero attached hydrogens (tertiary/aromatic N) is 1. The molecule has 2 aromatic heterocycles. The molecule has 0 bridgehead atoms. The minimum Gasteiger partial charge on any atom is -0.358 e. The van der Waals surface area contributed by atoms with E-state index in [1.807, 2.05) is 42.6 Å². The van der Waals surface area contributed by atoms with E-state index in [9.17, 15) is 9.59 Å². The first-order valence-corrected chi connectivity index (χ1v) is 9.66. The third-order valence-corrected chi connectivity index (χ3v) is 5.10. The number of thiazole rings is 1. The summed E-state index contributed by atoms with van der Waals surface area (Å²) in [4.78, 5) is 32.1. The zero-order valence-corrected chi connectivity index (χ0v) is 16.0. The average Bonchev–Trinajstić information content (AvgIpc) is 3.29. The molecule has 7 heteroatoms. The van der Waals surface area contributed by atoms with Crippen molar-refractivity contribution in [3.05, 3.63) is 71.2 Å². The quantitative estimate of drug-likeness (QED) is 0.482. The number of carbonyl (C=O) groups is 2. The molecule has 0 aliphatic heterocycles. The number of para-hydroxylation sites is 1. The second kappa shape index (κ2) is 7.66. The van der Waals surface area contributed by atoms with E-state index >= 15 is 0 Å². The van der Waals surface area contributed by atoms with Crippen molar-refractivity contribution in [3.8, 4) is 11.3 Å². The van der Waals surface area contributed by atoms with E-state index in [-0.39, 0.29) is 18.4 Å². The number of hydrogen-bond donors (Lipinski definition) is 3. The number of aryl methyl sites for hydroxylation is 1. The van der Waals surface area contributed by atoms with Crippen LogP contribution in [0.4, 0.5) is 5.13 Å². The third-order valence-electron chi connectivity index (χ3n) is 4.35. The molecule has 0 aliphatic carbocycles. The molecule has 140 valence electrons. The molecule has 6 nitrogen and oxygen atoms in total. The molecule has 3 N–H and O–H groups in total. The minimum absolute atomic E-state index is 0.116. The Morgan fingerprint density at radius 2 is 1.82 bits per heavy atom. The average molecular weight is 390 g/mol. The number of hydrogen-bond acceptors (Lipinski definition) is 4. The molecule has 4 rings (SSSR count). The summed E-state index contributed by atoms with van der Waals surface area (Å²) in [6.07, 6.45) is 0. The number of nitrogens with one attached hydrogen (secondary N) is 3. The van der Waals surface area contributed by atoms with E-state index < -0.39 is 0 Å². The van der Waals surface area contributed by atoms with Crippen molar-refractivity contribution in [1.29, 1.82) is 0 Å². The standard InChI is InChI=1S/C21H18N4O2S/c1-13-19(15-9-5-6-10-16(15)23-13)17-12-28-21(24-17)25-18(26)11-22-20(27)14-7-3-2-4-8-14/h2-10,12,23H,11H2,1H3,(H,22,27)(H,24,25,26). The molecule has 0 fully saturated rings. The molecule has 0 aliphatic rings. The molecule has 0 radical (unpaired) electrons. The molecule has 0 atom stereocenters. The van der Waals surface area contributed by atoms with Crippen LogP contribution in [0.3, 0.4) is 0 Å². The maximum Gasteiger partial charge on any atom is 0.251 e. The Bertz CT molecular complexity index is 1150. The fourth-order valence-corrected chi connectivity index (χ4v) is 3.79. The van der Waals surface area contributed by atoms with E-state index in [0.717, 1.165) is 27.9 Å². The summed E-state index contributed by atoms with van der Waals surface area (Å²) in [5.74, 6) is -0.606. The highest BCUT2D eigenvalue weighted by Crippen LogP contribution is 2.33. The van der Waals surface area contributed by atoms with Gasteiger partial charge in [-0.05, 0) is 25.1 Å². The zero-order chi connectivity index (χ0) is 19.5. The summed E-state index contributed by atoms with van der Waals surface area (Å²) in [5, 5.41) is 8.86. The monoisotopic (exact) mass is 390 g/mol. The van der Waals surface area contributed by atoms with Gasteiger partial charge in [-0.2, -0.15) is 0 Å². The normalized spacial score (nSPS) is 10.8. The molecule has 2 amide bonds. The molecule has 4 aromatic rings. The Labute approximate surface area is 165 Å². The van der Waals surface area contributed by atoms with Crippen LogP contribution in [0.2, 0.25) is 0 Å².